The summed E-state index contributed by atoms with van der Waals surface area (Å²) in [6, 6.07) is 19.5. The first kappa shape index (κ1) is 15.4. The van der Waals surface area contributed by atoms with E-state index in [1.807, 2.05) is 67.6 Å². The van der Waals surface area contributed by atoms with Crippen LogP contribution in [0, 0.1) is 6.92 Å². The van der Waals surface area contributed by atoms with Gasteiger partial charge in [-0.2, -0.15) is 0 Å². The molecular weight excluding hydrogens is 312 g/mol. The second kappa shape index (κ2) is 6.40. The van der Waals surface area contributed by atoms with Gasteiger partial charge in [0.2, 0.25) is 5.91 Å². The van der Waals surface area contributed by atoms with E-state index in [2.05, 4.69) is 10.3 Å². The fourth-order valence-electron chi connectivity index (χ4n) is 3.15. The fourth-order valence-corrected chi connectivity index (χ4v) is 3.15. The molecule has 2 aromatic carbocycles. The number of nitrogens with one attached hydrogen (secondary N) is 1. The van der Waals surface area contributed by atoms with E-state index in [9.17, 15) is 4.79 Å². The summed E-state index contributed by atoms with van der Waals surface area (Å²) in [4.78, 5) is 16.8. The Hall–Kier alpha value is -3.14. The SMILES string of the molecule is Cc1ccc(NC(=O)CC2c3ccccc3Oc3ccccc32)nc1. The number of anilines is 1. The van der Waals surface area contributed by atoms with Crippen molar-refractivity contribution in [3.8, 4) is 11.5 Å². The summed E-state index contributed by atoms with van der Waals surface area (Å²) in [5, 5.41) is 2.89. The number of benzene rings is 2. The van der Waals surface area contributed by atoms with Crippen LogP contribution in [0.25, 0.3) is 0 Å². The summed E-state index contributed by atoms with van der Waals surface area (Å²) in [5.41, 5.74) is 3.13. The number of hydrogen-bond acceptors (Lipinski definition) is 3. The molecule has 2 heterocycles. The van der Waals surface area contributed by atoms with E-state index in [1.165, 1.54) is 0 Å². The molecule has 4 heteroatoms. The van der Waals surface area contributed by atoms with Gasteiger partial charge in [-0.15, -0.1) is 0 Å². The predicted octanol–water partition coefficient (Wildman–Crippen LogP) is 4.66. The van der Waals surface area contributed by atoms with Crippen molar-refractivity contribution in [2.75, 3.05) is 5.32 Å². The molecule has 124 valence electrons. The Bertz CT molecular complexity index is 874. The highest BCUT2D eigenvalue weighted by molar-refractivity contribution is 5.91. The highest BCUT2D eigenvalue weighted by Crippen LogP contribution is 2.45. The number of carbonyl (C=O) groups is 1. The van der Waals surface area contributed by atoms with Crippen molar-refractivity contribution in [2.45, 2.75) is 19.3 Å². The molecule has 0 saturated heterocycles. The molecule has 25 heavy (non-hydrogen) atoms. The van der Waals surface area contributed by atoms with Gasteiger partial charge in [0.1, 0.15) is 17.3 Å². The minimum absolute atomic E-state index is 0.0356. The van der Waals surface area contributed by atoms with Crippen LogP contribution in [0.4, 0.5) is 5.82 Å². The molecule has 1 amide bonds. The van der Waals surface area contributed by atoms with Gasteiger partial charge in [0.05, 0.1) is 0 Å². The molecule has 0 unspecified atom stereocenters. The minimum Gasteiger partial charge on any atom is -0.457 e. The van der Waals surface area contributed by atoms with E-state index >= 15 is 0 Å². The first-order valence-electron chi connectivity index (χ1n) is 8.29. The highest BCUT2D eigenvalue weighted by atomic mass is 16.5. The third-order valence-electron chi connectivity index (χ3n) is 4.38. The standard InChI is InChI=1S/C21H18N2O2/c1-14-10-11-20(22-13-14)23-21(24)12-17-15-6-2-4-8-18(15)25-19-9-5-3-7-16(17)19/h2-11,13,17H,12H2,1H3,(H,22,23,24). The summed E-state index contributed by atoms with van der Waals surface area (Å²) < 4.78 is 5.98. The van der Waals surface area contributed by atoms with Crippen molar-refractivity contribution in [1.29, 1.82) is 0 Å². The molecule has 0 spiro atoms. The number of nitrogens with zero attached hydrogens (tertiary/aromatic N) is 1. The fraction of sp³-hybridized carbons (Fsp3) is 0.143. The Kier molecular flexibility index (Phi) is 3.94. The maximum Gasteiger partial charge on any atom is 0.226 e. The van der Waals surface area contributed by atoms with Crippen LogP contribution in [0.3, 0.4) is 0 Å². The lowest BCUT2D eigenvalue weighted by Crippen LogP contribution is -2.19. The van der Waals surface area contributed by atoms with Gasteiger partial charge in [-0.25, -0.2) is 4.98 Å². The zero-order valence-electron chi connectivity index (χ0n) is 13.9. The molecule has 4 rings (SSSR count). The van der Waals surface area contributed by atoms with Crippen LogP contribution in [0.2, 0.25) is 0 Å². The number of aromatic nitrogens is 1. The van der Waals surface area contributed by atoms with Crippen LogP contribution < -0.4 is 10.1 Å². The van der Waals surface area contributed by atoms with Crippen molar-refractivity contribution in [1.82, 2.24) is 4.98 Å². The number of carbonyl (C=O) groups excluding carboxylic acids is 1. The molecule has 0 saturated carbocycles. The van der Waals surface area contributed by atoms with Crippen LogP contribution in [-0.2, 0) is 4.79 Å². The Morgan fingerprint density at radius 3 is 2.24 bits per heavy atom. The Labute approximate surface area is 146 Å². The molecule has 3 aromatic rings. The number of amides is 1. The van der Waals surface area contributed by atoms with Gasteiger partial charge in [0.15, 0.2) is 0 Å². The Morgan fingerprint density at radius 1 is 1.00 bits per heavy atom. The molecule has 0 bridgehead atoms. The lowest BCUT2D eigenvalue weighted by Gasteiger charge is -2.27. The zero-order chi connectivity index (χ0) is 17.2. The van der Waals surface area contributed by atoms with Crippen molar-refractivity contribution < 1.29 is 9.53 Å². The molecule has 1 aromatic heterocycles. The molecule has 0 fully saturated rings. The third kappa shape index (κ3) is 3.11. The Morgan fingerprint density at radius 2 is 1.64 bits per heavy atom. The number of rotatable bonds is 3. The molecule has 1 aliphatic rings. The van der Waals surface area contributed by atoms with E-state index in [-0.39, 0.29) is 11.8 Å². The van der Waals surface area contributed by atoms with Gasteiger partial charge in [-0.05, 0) is 30.7 Å². The van der Waals surface area contributed by atoms with E-state index in [4.69, 9.17) is 4.74 Å². The maximum atomic E-state index is 12.6. The van der Waals surface area contributed by atoms with E-state index in [1.54, 1.807) is 6.20 Å². The molecule has 0 atom stereocenters. The molecule has 0 radical (unpaired) electrons. The number of pyridine rings is 1. The van der Waals surface area contributed by atoms with Gasteiger partial charge in [0.25, 0.3) is 0 Å². The second-order valence-corrected chi connectivity index (χ2v) is 6.20. The molecule has 4 nitrogen and oxygen atoms in total. The summed E-state index contributed by atoms with van der Waals surface area (Å²) in [7, 11) is 0. The second-order valence-electron chi connectivity index (χ2n) is 6.20. The molecule has 0 aliphatic carbocycles. The van der Waals surface area contributed by atoms with Crippen LogP contribution in [0.15, 0.2) is 66.9 Å². The maximum absolute atomic E-state index is 12.6. The van der Waals surface area contributed by atoms with Gasteiger partial charge in [0, 0.05) is 29.7 Å². The summed E-state index contributed by atoms with van der Waals surface area (Å²) in [6.07, 6.45) is 2.08. The molecule has 1 N–H and O–H groups in total. The zero-order valence-corrected chi connectivity index (χ0v) is 13.9. The molecular formula is C21H18N2O2. The van der Waals surface area contributed by atoms with E-state index in [0.29, 0.717) is 12.2 Å². The van der Waals surface area contributed by atoms with Crippen molar-refractivity contribution >= 4 is 11.7 Å². The minimum atomic E-state index is -0.0622. The number of para-hydroxylation sites is 2. The number of ether oxygens (including phenoxy) is 1. The number of hydrogen-bond donors (Lipinski definition) is 1. The summed E-state index contributed by atoms with van der Waals surface area (Å²) in [6.45, 7) is 1.97. The van der Waals surface area contributed by atoms with Crippen LogP contribution in [0.1, 0.15) is 29.0 Å². The third-order valence-corrected chi connectivity index (χ3v) is 4.38. The molecule has 1 aliphatic heterocycles. The lowest BCUT2D eigenvalue weighted by atomic mass is 9.85. The monoisotopic (exact) mass is 330 g/mol. The predicted molar refractivity (Wildman–Crippen MR) is 97.0 cm³/mol. The first-order valence-corrected chi connectivity index (χ1v) is 8.29. The van der Waals surface area contributed by atoms with Gasteiger partial charge in [-0.3, -0.25) is 4.79 Å². The topological polar surface area (TPSA) is 51.2 Å². The number of aryl methyl sites for hydroxylation is 1. The highest BCUT2D eigenvalue weighted by Gasteiger charge is 2.28. The van der Waals surface area contributed by atoms with E-state index in [0.717, 1.165) is 28.2 Å². The summed E-state index contributed by atoms with van der Waals surface area (Å²) in [5.74, 6) is 2.10. The average Bonchev–Trinajstić information content (AvgIpc) is 2.63. The van der Waals surface area contributed by atoms with Crippen LogP contribution in [-0.4, -0.2) is 10.9 Å². The largest absolute Gasteiger partial charge is 0.457 e. The summed E-state index contributed by atoms with van der Waals surface area (Å²) >= 11 is 0. The van der Waals surface area contributed by atoms with E-state index < -0.39 is 0 Å². The average molecular weight is 330 g/mol. The smallest absolute Gasteiger partial charge is 0.226 e. The van der Waals surface area contributed by atoms with Gasteiger partial charge in [-0.1, -0.05) is 42.5 Å². The van der Waals surface area contributed by atoms with Crippen LogP contribution in [0.5, 0.6) is 11.5 Å². The Balaban J connectivity index is 1.61. The first-order chi connectivity index (χ1) is 12.2. The quantitative estimate of drug-likeness (QED) is 0.760. The van der Waals surface area contributed by atoms with Crippen LogP contribution >= 0.6 is 0 Å². The normalized spacial score (nSPS) is 12.7. The van der Waals surface area contributed by atoms with Crippen molar-refractivity contribution in [2.24, 2.45) is 0 Å². The van der Waals surface area contributed by atoms with Gasteiger partial charge < -0.3 is 10.1 Å². The van der Waals surface area contributed by atoms with Crippen molar-refractivity contribution in [3.05, 3.63) is 83.6 Å². The lowest BCUT2D eigenvalue weighted by molar-refractivity contribution is -0.116. The van der Waals surface area contributed by atoms with Gasteiger partial charge >= 0.3 is 0 Å². The van der Waals surface area contributed by atoms with Crippen molar-refractivity contribution in [3.63, 3.8) is 0 Å². The number of fused-ring (bicyclic) bond motifs is 2.